The van der Waals surface area contributed by atoms with Crippen molar-refractivity contribution in [1.29, 1.82) is 5.26 Å². The molecule has 0 fully saturated rings. The second-order valence-electron chi connectivity index (χ2n) is 9.89. The highest BCUT2D eigenvalue weighted by Gasteiger charge is 2.41. The number of ether oxygens (including phenoxy) is 2. The van der Waals surface area contributed by atoms with E-state index in [1.165, 1.54) is 0 Å². The van der Waals surface area contributed by atoms with Gasteiger partial charge in [-0.3, -0.25) is 9.69 Å². The van der Waals surface area contributed by atoms with Gasteiger partial charge in [-0.2, -0.15) is 5.26 Å². The number of allylic oxidation sites excluding steroid dienone is 3. The van der Waals surface area contributed by atoms with Gasteiger partial charge < -0.3 is 15.2 Å². The number of aryl methyl sites for hydroxylation is 2. The highest BCUT2D eigenvalue weighted by molar-refractivity contribution is 9.10. The molecule has 1 aliphatic carbocycles. The molecule has 6 nitrogen and oxygen atoms in total. The lowest BCUT2D eigenvalue weighted by molar-refractivity contribution is -0.116. The molecule has 7 heteroatoms. The number of carbonyl (C=O) groups excluding carboxylic acids is 1. The van der Waals surface area contributed by atoms with Gasteiger partial charge in [-0.25, -0.2) is 0 Å². The molecule has 1 atom stereocenters. The van der Waals surface area contributed by atoms with Crippen molar-refractivity contribution in [2.45, 2.75) is 45.6 Å². The van der Waals surface area contributed by atoms with Crippen molar-refractivity contribution in [3.63, 3.8) is 0 Å². The summed E-state index contributed by atoms with van der Waals surface area (Å²) in [6, 6.07) is 21.8. The molecular weight excluding hydrogens is 554 g/mol. The third-order valence-corrected chi connectivity index (χ3v) is 8.02. The van der Waals surface area contributed by atoms with Crippen LogP contribution in [0, 0.1) is 25.2 Å². The first-order chi connectivity index (χ1) is 18.8. The normalized spacial score (nSPS) is 17.2. The van der Waals surface area contributed by atoms with Gasteiger partial charge in [-0.1, -0.05) is 28.1 Å². The minimum absolute atomic E-state index is 0.0691. The van der Waals surface area contributed by atoms with Gasteiger partial charge in [-0.15, -0.1) is 0 Å². The molecule has 0 aromatic heterocycles. The molecule has 3 aromatic carbocycles. The van der Waals surface area contributed by atoms with E-state index in [0.29, 0.717) is 36.4 Å². The maximum Gasteiger partial charge on any atom is 0.161 e. The zero-order valence-electron chi connectivity index (χ0n) is 22.3. The number of rotatable bonds is 6. The number of hydrogen-bond acceptors (Lipinski definition) is 6. The number of anilines is 1. The smallest absolute Gasteiger partial charge is 0.161 e. The van der Waals surface area contributed by atoms with Gasteiger partial charge in [0.1, 0.15) is 23.9 Å². The fourth-order valence-electron chi connectivity index (χ4n) is 5.50. The molecule has 0 bridgehead atoms. The topological polar surface area (TPSA) is 88.6 Å². The first-order valence-electron chi connectivity index (χ1n) is 12.9. The Morgan fingerprint density at radius 2 is 1.72 bits per heavy atom. The maximum atomic E-state index is 13.5. The second-order valence-corrected chi connectivity index (χ2v) is 10.8. The fraction of sp³-hybridized carbons (Fsp3) is 0.250. The van der Waals surface area contributed by atoms with Crippen LogP contribution in [0.25, 0.3) is 0 Å². The Bertz CT molecular complexity index is 1530. The van der Waals surface area contributed by atoms with E-state index in [9.17, 15) is 10.1 Å². The lowest BCUT2D eigenvalue weighted by Gasteiger charge is -2.40. The van der Waals surface area contributed by atoms with Crippen LogP contribution in [0.15, 0.2) is 87.8 Å². The number of Topliss-reactive ketones (excluding diaryl/α,β-unsaturated/α-hetero) is 1. The van der Waals surface area contributed by atoms with Crippen LogP contribution >= 0.6 is 15.9 Å². The fourth-order valence-corrected chi connectivity index (χ4v) is 5.76. The van der Waals surface area contributed by atoms with Crippen LogP contribution in [-0.4, -0.2) is 12.9 Å². The van der Waals surface area contributed by atoms with Crippen LogP contribution in [0.5, 0.6) is 11.5 Å². The zero-order valence-corrected chi connectivity index (χ0v) is 23.8. The van der Waals surface area contributed by atoms with Gasteiger partial charge in [0.2, 0.25) is 0 Å². The van der Waals surface area contributed by atoms with E-state index in [-0.39, 0.29) is 5.78 Å². The molecule has 1 unspecified atom stereocenters. The van der Waals surface area contributed by atoms with Crippen LogP contribution in [0.3, 0.4) is 0 Å². The summed E-state index contributed by atoms with van der Waals surface area (Å²) in [5.41, 5.74) is 13.5. The number of carbonyl (C=O) groups is 1. The Kier molecular flexibility index (Phi) is 7.49. The Balaban J connectivity index is 1.59. The first kappa shape index (κ1) is 26.6. The van der Waals surface area contributed by atoms with E-state index in [2.05, 4.69) is 34.1 Å². The predicted octanol–water partition coefficient (Wildman–Crippen LogP) is 6.96. The molecule has 198 valence electrons. The number of benzene rings is 3. The molecule has 0 saturated heterocycles. The van der Waals surface area contributed by atoms with E-state index < -0.39 is 5.92 Å². The van der Waals surface area contributed by atoms with Gasteiger partial charge in [0.05, 0.1) is 24.7 Å². The van der Waals surface area contributed by atoms with Crippen molar-refractivity contribution < 1.29 is 14.3 Å². The number of hydrogen-bond donors (Lipinski definition) is 1. The molecular formula is C32H30BrN3O3. The van der Waals surface area contributed by atoms with Crippen LogP contribution in [0.1, 0.15) is 47.4 Å². The average Bonchev–Trinajstić information content (AvgIpc) is 2.93. The van der Waals surface area contributed by atoms with Crippen LogP contribution in [0.2, 0.25) is 0 Å². The van der Waals surface area contributed by atoms with Gasteiger partial charge in [-0.05, 0) is 97.5 Å². The van der Waals surface area contributed by atoms with Crippen molar-refractivity contribution in [2.75, 3.05) is 12.0 Å². The summed E-state index contributed by atoms with van der Waals surface area (Å²) in [5.74, 6) is 1.41. The summed E-state index contributed by atoms with van der Waals surface area (Å²) >= 11 is 3.49. The van der Waals surface area contributed by atoms with Crippen molar-refractivity contribution in [2.24, 2.45) is 5.73 Å². The number of ketones is 1. The third kappa shape index (κ3) is 5.05. The lowest BCUT2D eigenvalue weighted by Crippen LogP contribution is -2.38. The molecule has 1 aliphatic heterocycles. The molecule has 0 saturated carbocycles. The Hall–Kier alpha value is -4.02. The van der Waals surface area contributed by atoms with Crippen LogP contribution < -0.4 is 20.1 Å². The first-order valence-corrected chi connectivity index (χ1v) is 13.7. The Labute approximate surface area is 237 Å². The predicted molar refractivity (Wildman–Crippen MR) is 155 cm³/mol. The van der Waals surface area contributed by atoms with E-state index in [4.69, 9.17) is 15.2 Å². The highest BCUT2D eigenvalue weighted by atomic mass is 79.9. The number of halogens is 1. The quantitative estimate of drug-likeness (QED) is 0.337. The van der Waals surface area contributed by atoms with E-state index in [1.807, 2.05) is 67.3 Å². The molecule has 3 aromatic rings. The van der Waals surface area contributed by atoms with Crippen molar-refractivity contribution in [3.8, 4) is 17.6 Å². The summed E-state index contributed by atoms with van der Waals surface area (Å²) in [5, 5.41) is 10.4. The number of methoxy groups -OCH3 is 1. The lowest BCUT2D eigenvalue weighted by atomic mass is 9.74. The summed E-state index contributed by atoms with van der Waals surface area (Å²) in [7, 11) is 1.63. The molecule has 0 spiro atoms. The molecule has 5 rings (SSSR count). The maximum absolute atomic E-state index is 13.5. The van der Waals surface area contributed by atoms with E-state index in [1.54, 1.807) is 7.11 Å². The standard InChI is InChI=1S/C32H30BrN3O3/c1-19-15-20(2)26(16-21(19)18-39-25-13-11-24(38-3)12-14-25)30-27(17-34)32(35)36(23-9-7-22(33)8-10-23)28-5-4-6-29(37)31(28)30/h7-16,30H,4-6,18,35H2,1-3H3. The zero-order chi connectivity index (χ0) is 27.7. The van der Waals surface area contributed by atoms with E-state index in [0.717, 1.165) is 56.0 Å². The summed E-state index contributed by atoms with van der Waals surface area (Å²) < 4.78 is 12.3. The molecule has 2 aliphatic rings. The van der Waals surface area contributed by atoms with Crippen molar-refractivity contribution >= 4 is 27.4 Å². The minimum Gasteiger partial charge on any atom is -0.497 e. The summed E-state index contributed by atoms with van der Waals surface area (Å²) in [6.07, 6.45) is 1.92. The van der Waals surface area contributed by atoms with Gasteiger partial charge in [0.25, 0.3) is 0 Å². The third-order valence-electron chi connectivity index (χ3n) is 7.49. The van der Waals surface area contributed by atoms with Crippen LogP contribution in [0.4, 0.5) is 5.69 Å². The highest BCUT2D eigenvalue weighted by Crippen LogP contribution is 2.47. The number of nitrogens with zero attached hydrogens (tertiary/aromatic N) is 2. The van der Waals surface area contributed by atoms with E-state index >= 15 is 0 Å². The molecule has 1 heterocycles. The number of nitrogens with two attached hydrogens (primary N) is 1. The molecule has 2 N–H and O–H groups in total. The Morgan fingerprint density at radius 3 is 2.38 bits per heavy atom. The molecule has 0 radical (unpaired) electrons. The van der Waals surface area contributed by atoms with Gasteiger partial charge >= 0.3 is 0 Å². The van der Waals surface area contributed by atoms with Gasteiger partial charge in [0.15, 0.2) is 5.78 Å². The van der Waals surface area contributed by atoms with Crippen LogP contribution in [-0.2, 0) is 11.4 Å². The SMILES string of the molecule is COc1ccc(OCc2cc(C3C(C#N)=C(N)N(c4ccc(Br)cc4)C4=C3C(=O)CCC4)c(C)cc2C)cc1. The van der Waals surface area contributed by atoms with Crippen molar-refractivity contribution in [3.05, 3.63) is 110 Å². The minimum atomic E-state index is -0.523. The largest absolute Gasteiger partial charge is 0.497 e. The van der Waals surface area contributed by atoms with Gasteiger partial charge in [0, 0.05) is 27.9 Å². The monoisotopic (exact) mass is 583 g/mol. The molecule has 39 heavy (non-hydrogen) atoms. The number of nitriles is 1. The Morgan fingerprint density at radius 1 is 1.03 bits per heavy atom. The molecule has 0 amide bonds. The summed E-state index contributed by atoms with van der Waals surface area (Å²) in [6.45, 7) is 4.42. The van der Waals surface area contributed by atoms with Crippen molar-refractivity contribution in [1.82, 2.24) is 0 Å². The summed E-state index contributed by atoms with van der Waals surface area (Å²) in [4.78, 5) is 15.4. The second kappa shape index (κ2) is 11.0. The average molecular weight is 585 g/mol.